The molecule has 8 heteroatoms. The molecule has 26 heavy (non-hydrogen) atoms. The first-order valence-corrected chi connectivity index (χ1v) is 8.53. The van der Waals surface area contributed by atoms with E-state index in [2.05, 4.69) is 0 Å². The summed E-state index contributed by atoms with van der Waals surface area (Å²) < 4.78 is 13.1. The number of piperidine rings is 1. The zero-order chi connectivity index (χ0) is 19.1. The van der Waals surface area contributed by atoms with E-state index < -0.39 is 17.7 Å². The molecule has 0 bridgehead atoms. The minimum Gasteiger partial charge on any atom is -0.385 e. The number of hydrogen-bond donors (Lipinski definition) is 1. The fourth-order valence-electron chi connectivity index (χ4n) is 3.55. The maximum absolute atomic E-state index is 13.1. The fraction of sp³-hybridized carbons (Fsp3) is 0.500. The topological polar surface area (TPSA) is 81.2 Å². The Hall–Kier alpha value is -2.48. The van der Waals surface area contributed by atoms with Crippen LogP contribution in [0.1, 0.15) is 24.8 Å². The van der Waals surface area contributed by atoms with E-state index in [1.165, 1.54) is 31.1 Å². The second-order valence-corrected chi connectivity index (χ2v) is 6.93. The van der Waals surface area contributed by atoms with Crippen LogP contribution in [0, 0.1) is 5.82 Å². The van der Waals surface area contributed by atoms with Gasteiger partial charge >= 0.3 is 6.03 Å². The van der Waals surface area contributed by atoms with Crippen LogP contribution in [-0.2, 0) is 15.2 Å². The Bertz CT molecular complexity index is 728. The van der Waals surface area contributed by atoms with E-state index in [1.807, 2.05) is 0 Å². The summed E-state index contributed by atoms with van der Waals surface area (Å²) in [4.78, 5) is 40.3. The van der Waals surface area contributed by atoms with Gasteiger partial charge in [-0.15, -0.1) is 0 Å². The minimum atomic E-state index is -1.10. The van der Waals surface area contributed by atoms with Gasteiger partial charge in [0.25, 0.3) is 5.91 Å². The SMILES string of the molecule is CN1C(=O)[C@@H](CC(=O)N2CCC(O)(c3ccc(F)cc3)CC2)N(C)C1=O. The van der Waals surface area contributed by atoms with Crippen molar-refractivity contribution < 1.29 is 23.9 Å². The highest BCUT2D eigenvalue weighted by atomic mass is 19.1. The van der Waals surface area contributed by atoms with E-state index in [0.717, 1.165) is 4.90 Å². The molecule has 7 nitrogen and oxygen atoms in total. The maximum Gasteiger partial charge on any atom is 0.326 e. The molecule has 2 saturated heterocycles. The first-order valence-electron chi connectivity index (χ1n) is 8.53. The van der Waals surface area contributed by atoms with Gasteiger partial charge in [-0.25, -0.2) is 9.18 Å². The van der Waals surface area contributed by atoms with Crippen LogP contribution in [0.25, 0.3) is 0 Å². The molecule has 2 heterocycles. The van der Waals surface area contributed by atoms with E-state index in [0.29, 0.717) is 31.5 Å². The molecule has 2 aliphatic rings. The number of imide groups is 1. The van der Waals surface area contributed by atoms with Crippen molar-refractivity contribution in [1.82, 2.24) is 14.7 Å². The second kappa shape index (κ2) is 6.68. The molecule has 1 aromatic rings. The van der Waals surface area contributed by atoms with Crippen LogP contribution in [-0.4, -0.2) is 70.9 Å². The molecular formula is C18H22FN3O4. The Labute approximate surface area is 151 Å². The summed E-state index contributed by atoms with van der Waals surface area (Å²) in [5, 5.41) is 10.8. The molecule has 3 rings (SSSR count). The van der Waals surface area contributed by atoms with Crippen molar-refractivity contribution in [3.63, 3.8) is 0 Å². The molecule has 1 atom stereocenters. The van der Waals surface area contributed by atoms with Crippen LogP contribution in [0.4, 0.5) is 9.18 Å². The number of halogens is 1. The summed E-state index contributed by atoms with van der Waals surface area (Å²) in [6.07, 6.45) is 0.593. The first-order chi connectivity index (χ1) is 12.2. The van der Waals surface area contributed by atoms with Crippen molar-refractivity contribution in [1.29, 1.82) is 0 Å². The number of carbonyl (C=O) groups excluding carboxylic acids is 3. The van der Waals surface area contributed by atoms with E-state index in [9.17, 15) is 23.9 Å². The molecule has 4 amide bonds. The number of nitrogens with zero attached hydrogens (tertiary/aromatic N) is 3. The highest BCUT2D eigenvalue weighted by Gasteiger charge is 2.43. The van der Waals surface area contributed by atoms with Crippen molar-refractivity contribution in [3.05, 3.63) is 35.6 Å². The molecule has 0 aliphatic carbocycles. The Balaban J connectivity index is 1.61. The molecule has 0 spiro atoms. The molecule has 0 radical (unpaired) electrons. The fourth-order valence-corrected chi connectivity index (χ4v) is 3.55. The Morgan fingerprint density at radius 2 is 1.77 bits per heavy atom. The van der Waals surface area contributed by atoms with Crippen LogP contribution >= 0.6 is 0 Å². The van der Waals surface area contributed by atoms with Gasteiger partial charge in [0.1, 0.15) is 11.9 Å². The van der Waals surface area contributed by atoms with E-state index in [4.69, 9.17) is 0 Å². The van der Waals surface area contributed by atoms with Crippen molar-refractivity contribution in [2.24, 2.45) is 0 Å². The van der Waals surface area contributed by atoms with E-state index in [-0.39, 0.29) is 24.1 Å². The molecule has 0 unspecified atom stereocenters. The molecule has 2 aliphatic heterocycles. The lowest BCUT2D eigenvalue weighted by Gasteiger charge is -2.39. The molecule has 2 fully saturated rings. The summed E-state index contributed by atoms with van der Waals surface area (Å²) in [5.41, 5.74) is -0.468. The number of benzene rings is 1. The lowest BCUT2D eigenvalue weighted by Crippen LogP contribution is -2.47. The zero-order valence-corrected chi connectivity index (χ0v) is 14.8. The minimum absolute atomic E-state index is 0.0691. The van der Waals surface area contributed by atoms with E-state index >= 15 is 0 Å². The molecular weight excluding hydrogens is 341 g/mol. The number of aliphatic hydroxyl groups is 1. The van der Waals surface area contributed by atoms with Crippen molar-refractivity contribution >= 4 is 17.8 Å². The quantitative estimate of drug-likeness (QED) is 0.810. The van der Waals surface area contributed by atoms with Crippen LogP contribution in [0.5, 0.6) is 0 Å². The Kier molecular flexibility index (Phi) is 4.70. The van der Waals surface area contributed by atoms with Crippen LogP contribution in [0.15, 0.2) is 24.3 Å². The summed E-state index contributed by atoms with van der Waals surface area (Å²) in [6.45, 7) is 0.669. The smallest absolute Gasteiger partial charge is 0.326 e. The monoisotopic (exact) mass is 363 g/mol. The standard InChI is InChI=1S/C18H22FN3O4/c1-20-14(16(24)21(2)17(20)25)11-15(23)22-9-7-18(26,8-10-22)12-3-5-13(19)6-4-12/h3-6,14,26H,7-11H2,1-2H3/t14-/m1/s1. The van der Waals surface area contributed by atoms with Crippen LogP contribution in [0.2, 0.25) is 0 Å². The number of rotatable bonds is 3. The lowest BCUT2D eigenvalue weighted by molar-refractivity contribution is -0.139. The third-order valence-electron chi connectivity index (χ3n) is 5.36. The van der Waals surface area contributed by atoms with Crippen molar-refractivity contribution in [2.75, 3.05) is 27.2 Å². The molecule has 1 N–H and O–H groups in total. The van der Waals surface area contributed by atoms with Crippen LogP contribution < -0.4 is 0 Å². The number of likely N-dealkylation sites (N-methyl/N-ethyl adjacent to an activating group) is 2. The van der Waals surface area contributed by atoms with Gasteiger partial charge < -0.3 is 14.9 Å². The normalized spacial score (nSPS) is 22.9. The summed E-state index contributed by atoms with van der Waals surface area (Å²) in [6, 6.07) is 4.52. The largest absolute Gasteiger partial charge is 0.385 e. The third kappa shape index (κ3) is 3.16. The number of amides is 4. The van der Waals surface area contributed by atoms with Crippen molar-refractivity contribution in [2.45, 2.75) is 30.9 Å². The third-order valence-corrected chi connectivity index (χ3v) is 5.36. The highest BCUT2D eigenvalue weighted by Crippen LogP contribution is 2.33. The van der Waals surface area contributed by atoms with Gasteiger partial charge in [0.05, 0.1) is 12.0 Å². The average molecular weight is 363 g/mol. The first kappa shape index (κ1) is 18.3. The van der Waals surface area contributed by atoms with Gasteiger partial charge in [0.2, 0.25) is 5.91 Å². The zero-order valence-electron chi connectivity index (χ0n) is 14.8. The number of likely N-dealkylation sites (tertiary alicyclic amines) is 1. The predicted octanol–water partition coefficient (Wildman–Crippen LogP) is 0.918. The van der Waals surface area contributed by atoms with Crippen molar-refractivity contribution in [3.8, 4) is 0 Å². The Morgan fingerprint density at radius 3 is 2.27 bits per heavy atom. The number of hydrogen-bond acceptors (Lipinski definition) is 4. The van der Waals surface area contributed by atoms with Crippen LogP contribution in [0.3, 0.4) is 0 Å². The van der Waals surface area contributed by atoms with E-state index in [1.54, 1.807) is 17.0 Å². The summed E-state index contributed by atoms with van der Waals surface area (Å²) in [5.74, 6) is -0.972. The highest BCUT2D eigenvalue weighted by molar-refractivity contribution is 6.05. The Morgan fingerprint density at radius 1 is 1.19 bits per heavy atom. The van der Waals surface area contributed by atoms with Gasteiger partial charge in [0.15, 0.2) is 0 Å². The maximum atomic E-state index is 13.1. The molecule has 0 saturated carbocycles. The number of carbonyl (C=O) groups is 3. The summed E-state index contributed by atoms with van der Waals surface area (Å²) >= 11 is 0. The van der Waals surface area contributed by atoms with Gasteiger partial charge in [0, 0.05) is 27.2 Å². The molecule has 140 valence electrons. The predicted molar refractivity (Wildman–Crippen MR) is 90.4 cm³/mol. The molecule has 1 aromatic carbocycles. The summed E-state index contributed by atoms with van der Waals surface area (Å²) in [7, 11) is 2.90. The second-order valence-electron chi connectivity index (χ2n) is 6.93. The van der Waals surface area contributed by atoms with Gasteiger partial charge in [-0.2, -0.15) is 0 Å². The lowest BCUT2D eigenvalue weighted by atomic mass is 9.84. The van der Waals surface area contributed by atoms with Gasteiger partial charge in [-0.3, -0.25) is 14.5 Å². The average Bonchev–Trinajstić information content (AvgIpc) is 2.80. The number of urea groups is 1. The molecule has 0 aromatic heterocycles. The van der Waals surface area contributed by atoms with Gasteiger partial charge in [-0.05, 0) is 30.5 Å². The van der Waals surface area contributed by atoms with Gasteiger partial charge in [-0.1, -0.05) is 12.1 Å².